The van der Waals surface area contributed by atoms with E-state index in [1.807, 2.05) is 30.3 Å². The monoisotopic (exact) mass is 447 g/mol. The number of benzene rings is 2. The summed E-state index contributed by atoms with van der Waals surface area (Å²) < 4.78 is 12.5. The average Bonchev–Trinajstić information content (AvgIpc) is 2.97. The van der Waals surface area contributed by atoms with Crippen molar-refractivity contribution in [3.63, 3.8) is 0 Å². The number of fused-ring (bicyclic) bond motifs is 2. The molecule has 0 saturated carbocycles. The van der Waals surface area contributed by atoms with Gasteiger partial charge in [-0.3, -0.25) is 0 Å². The molecule has 3 heterocycles. The molecule has 8 heteroatoms. The van der Waals surface area contributed by atoms with Gasteiger partial charge >= 0.3 is 0 Å². The molecule has 2 aromatic rings. The molecule has 0 radical (unpaired) electrons. The largest absolute Gasteiger partial charge is 0.484 e. The summed E-state index contributed by atoms with van der Waals surface area (Å²) in [5, 5.41) is 2.67. The van der Waals surface area contributed by atoms with Crippen LogP contribution < -0.4 is 10.5 Å². The summed E-state index contributed by atoms with van der Waals surface area (Å²) in [5.74, 6) is 1.06. The molecule has 3 aliphatic rings. The van der Waals surface area contributed by atoms with Gasteiger partial charge < -0.3 is 15.2 Å². The van der Waals surface area contributed by atoms with Crippen LogP contribution in [0.2, 0.25) is 10.0 Å². The second-order valence-corrected chi connectivity index (χ2v) is 9.21. The molecular formula is C22H23Cl2N3O3. The highest BCUT2D eigenvalue weighted by atomic mass is 35.5. The third-order valence-corrected chi connectivity index (χ3v) is 6.46. The molecule has 0 aliphatic carbocycles. The SMILES string of the molecule is CC1CC[C@@]2(CO1)C[C@]1(N=C(N)N(C)O1)c1cc(-c3cc(Cl)cc(Cl)c3)ccc1O2. The van der Waals surface area contributed by atoms with Crippen LogP contribution in [0.25, 0.3) is 11.1 Å². The Morgan fingerprint density at radius 1 is 1.13 bits per heavy atom. The van der Waals surface area contributed by atoms with Crippen molar-refractivity contribution >= 4 is 29.2 Å². The highest BCUT2D eigenvalue weighted by Crippen LogP contribution is 2.52. The van der Waals surface area contributed by atoms with Gasteiger partial charge in [-0.05, 0) is 61.2 Å². The quantitative estimate of drug-likeness (QED) is 0.684. The lowest BCUT2D eigenvalue weighted by atomic mass is 9.80. The van der Waals surface area contributed by atoms with Crippen LogP contribution in [0.4, 0.5) is 0 Å². The normalized spacial score (nSPS) is 30.3. The lowest BCUT2D eigenvalue weighted by Gasteiger charge is -2.47. The van der Waals surface area contributed by atoms with Crippen molar-refractivity contribution in [2.45, 2.75) is 43.6 Å². The molecule has 2 N–H and O–H groups in total. The maximum absolute atomic E-state index is 6.52. The summed E-state index contributed by atoms with van der Waals surface area (Å²) in [6.45, 7) is 2.57. The minimum Gasteiger partial charge on any atom is -0.484 e. The standard InChI is InChI=1S/C22H23Cl2N3O3/c1-13-5-6-21(12-28-13)11-22(26-20(25)27(2)30-22)18-9-14(3-4-19(18)29-21)15-7-16(23)10-17(24)8-15/h3-4,7-10,13H,5-6,11-12H2,1-2H3,(H2,25,26)/t13?,21-,22+/m0/s1. The van der Waals surface area contributed by atoms with Gasteiger partial charge in [0.2, 0.25) is 11.7 Å². The van der Waals surface area contributed by atoms with Crippen molar-refractivity contribution < 1.29 is 14.3 Å². The average molecular weight is 448 g/mol. The number of hydroxylamine groups is 2. The summed E-state index contributed by atoms with van der Waals surface area (Å²) >= 11 is 12.4. The van der Waals surface area contributed by atoms with Crippen molar-refractivity contribution in [2.75, 3.05) is 13.7 Å². The third-order valence-electron chi connectivity index (χ3n) is 6.03. The predicted molar refractivity (Wildman–Crippen MR) is 117 cm³/mol. The van der Waals surface area contributed by atoms with Crippen molar-refractivity contribution in [3.8, 4) is 16.9 Å². The van der Waals surface area contributed by atoms with Gasteiger partial charge in [0.05, 0.1) is 18.3 Å². The van der Waals surface area contributed by atoms with E-state index >= 15 is 0 Å². The molecule has 3 aliphatic heterocycles. The fourth-order valence-corrected chi connectivity index (χ4v) is 5.02. The topological polar surface area (TPSA) is 69.3 Å². The number of halogens is 2. The number of aliphatic imine (C=N–C) groups is 1. The zero-order chi connectivity index (χ0) is 21.1. The number of hydrogen-bond acceptors (Lipinski definition) is 6. The smallest absolute Gasteiger partial charge is 0.222 e. The molecule has 6 nitrogen and oxygen atoms in total. The highest BCUT2D eigenvalue weighted by Gasteiger charge is 2.55. The summed E-state index contributed by atoms with van der Waals surface area (Å²) in [4.78, 5) is 11.0. The summed E-state index contributed by atoms with van der Waals surface area (Å²) in [5.41, 5.74) is 7.32. The van der Waals surface area contributed by atoms with E-state index < -0.39 is 11.3 Å². The van der Waals surface area contributed by atoms with Crippen molar-refractivity contribution in [3.05, 3.63) is 52.0 Å². The molecule has 0 bridgehead atoms. The Balaban J connectivity index is 1.62. The molecular weight excluding hydrogens is 425 g/mol. The molecule has 30 heavy (non-hydrogen) atoms. The summed E-state index contributed by atoms with van der Waals surface area (Å²) in [6.07, 6.45) is 2.51. The van der Waals surface area contributed by atoms with Crippen LogP contribution in [0.15, 0.2) is 41.4 Å². The van der Waals surface area contributed by atoms with Crippen molar-refractivity contribution in [1.82, 2.24) is 5.06 Å². The Labute approximate surface area is 185 Å². The highest BCUT2D eigenvalue weighted by molar-refractivity contribution is 6.35. The Bertz CT molecular complexity index is 1020. The Kier molecular flexibility index (Phi) is 4.67. The molecule has 3 atom stereocenters. The molecule has 2 aromatic carbocycles. The van der Waals surface area contributed by atoms with Crippen molar-refractivity contribution in [1.29, 1.82) is 0 Å². The molecule has 158 valence electrons. The van der Waals surface area contributed by atoms with E-state index in [2.05, 4.69) is 6.92 Å². The van der Waals surface area contributed by atoms with Crippen molar-refractivity contribution in [2.24, 2.45) is 10.7 Å². The first kappa shape index (κ1) is 19.9. The van der Waals surface area contributed by atoms with E-state index in [0.29, 0.717) is 29.0 Å². The van der Waals surface area contributed by atoms with E-state index in [0.717, 1.165) is 35.3 Å². The number of hydrogen-bond donors (Lipinski definition) is 1. The third kappa shape index (κ3) is 3.32. The van der Waals surface area contributed by atoms with E-state index in [1.165, 1.54) is 5.06 Å². The zero-order valence-corrected chi connectivity index (χ0v) is 18.3. The van der Waals surface area contributed by atoms with Gasteiger partial charge in [-0.1, -0.05) is 29.3 Å². The number of nitrogens with zero attached hydrogens (tertiary/aromatic N) is 2. The second-order valence-electron chi connectivity index (χ2n) is 8.33. The van der Waals surface area contributed by atoms with Gasteiger partial charge in [0.25, 0.3) is 0 Å². The van der Waals surface area contributed by atoms with Crippen LogP contribution in [-0.2, 0) is 15.3 Å². The Morgan fingerprint density at radius 3 is 2.53 bits per heavy atom. The first-order valence-electron chi connectivity index (χ1n) is 9.97. The maximum Gasteiger partial charge on any atom is 0.222 e. The lowest BCUT2D eigenvalue weighted by Crippen LogP contribution is -2.54. The second kappa shape index (κ2) is 7.02. The fourth-order valence-electron chi connectivity index (χ4n) is 4.49. The lowest BCUT2D eigenvalue weighted by molar-refractivity contribution is -0.220. The maximum atomic E-state index is 6.52. The van der Waals surface area contributed by atoms with Crippen LogP contribution in [0.1, 0.15) is 31.7 Å². The van der Waals surface area contributed by atoms with Gasteiger partial charge in [-0.15, -0.1) is 0 Å². The molecule has 0 amide bonds. The zero-order valence-electron chi connectivity index (χ0n) is 16.8. The predicted octanol–water partition coefficient (Wildman–Crippen LogP) is 4.73. The van der Waals surface area contributed by atoms with Crippen LogP contribution in [0.5, 0.6) is 5.75 Å². The minimum atomic E-state index is -0.964. The van der Waals surface area contributed by atoms with E-state index in [9.17, 15) is 0 Å². The minimum absolute atomic E-state index is 0.215. The van der Waals surface area contributed by atoms with E-state index in [-0.39, 0.29) is 6.10 Å². The van der Waals surface area contributed by atoms with E-state index in [4.69, 9.17) is 48.2 Å². The van der Waals surface area contributed by atoms with Crippen LogP contribution in [0, 0.1) is 0 Å². The molecule has 5 rings (SSSR count). The number of rotatable bonds is 1. The Hall–Kier alpha value is -1.99. The number of nitrogens with two attached hydrogens (primary N) is 1. The first-order chi connectivity index (χ1) is 14.3. The van der Waals surface area contributed by atoms with Crippen LogP contribution in [0.3, 0.4) is 0 Å². The molecule has 1 unspecified atom stereocenters. The molecule has 1 saturated heterocycles. The van der Waals surface area contributed by atoms with Gasteiger partial charge in [-0.2, -0.15) is 0 Å². The van der Waals surface area contributed by atoms with Gasteiger partial charge in [-0.25, -0.2) is 14.9 Å². The number of ether oxygens (including phenoxy) is 2. The van der Waals surface area contributed by atoms with Crippen LogP contribution in [-0.4, -0.2) is 36.4 Å². The van der Waals surface area contributed by atoms with Crippen LogP contribution >= 0.6 is 23.2 Å². The Morgan fingerprint density at radius 2 is 1.90 bits per heavy atom. The number of guanidine groups is 1. The summed E-state index contributed by atoms with van der Waals surface area (Å²) in [7, 11) is 1.76. The van der Waals surface area contributed by atoms with Gasteiger partial charge in [0.15, 0.2) is 0 Å². The first-order valence-corrected chi connectivity index (χ1v) is 10.7. The van der Waals surface area contributed by atoms with E-state index in [1.54, 1.807) is 13.1 Å². The van der Waals surface area contributed by atoms with Gasteiger partial charge in [0, 0.05) is 23.5 Å². The van der Waals surface area contributed by atoms with Gasteiger partial charge in [0.1, 0.15) is 11.4 Å². The molecule has 0 aromatic heterocycles. The molecule has 1 fully saturated rings. The fraction of sp³-hybridized carbons (Fsp3) is 0.409. The molecule has 2 spiro atoms. The summed E-state index contributed by atoms with van der Waals surface area (Å²) in [6, 6.07) is 11.4.